The lowest BCUT2D eigenvalue weighted by Crippen LogP contribution is -2.40. The molecule has 0 spiro atoms. The van der Waals surface area contributed by atoms with Crippen LogP contribution in [-0.4, -0.2) is 44.4 Å². The van der Waals surface area contributed by atoms with Crippen LogP contribution in [0.4, 0.5) is 4.79 Å². The number of aliphatic carboxylic acids is 1. The molecule has 1 atom stereocenters. The molecule has 0 bridgehead atoms. The highest BCUT2D eigenvalue weighted by Gasteiger charge is 2.20. The van der Waals surface area contributed by atoms with Crippen molar-refractivity contribution in [2.24, 2.45) is 0 Å². The molecule has 1 heterocycles. The Hall–Kier alpha value is -1.98. The van der Waals surface area contributed by atoms with Gasteiger partial charge in [0.15, 0.2) is 6.04 Å². The predicted molar refractivity (Wildman–Crippen MR) is 52.7 cm³/mol. The Morgan fingerprint density at radius 1 is 1.39 bits per heavy atom. The maximum absolute atomic E-state index is 10.5. The Bertz CT molecular complexity index is 525. The molecule has 0 aliphatic rings. The number of aromatic nitrogens is 2. The van der Waals surface area contributed by atoms with Crippen LogP contribution in [0.3, 0.4) is 0 Å². The highest BCUT2D eigenvalue weighted by Crippen LogP contribution is 1.94. The topological polar surface area (TPSA) is 161 Å². The molecule has 1 unspecified atom stereocenters. The lowest BCUT2D eigenvalue weighted by atomic mass is 10.3. The number of rotatable bonds is 2. The summed E-state index contributed by atoms with van der Waals surface area (Å²) in [5.74, 6) is -1.01. The number of carboxylic acid groups (broad SMARTS) is 2. The van der Waals surface area contributed by atoms with Crippen LogP contribution in [0.2, 0.25) is 0 Å². The minimum atomic E-state index is -4.92. The lowest BCUT2D eigenvalue weighted by Gasteiger charge is -1.98. The summed E-state index contributed by atoms with van der Waals surface area (Å²) in [7, 11) is -4.92. The van der Waals surface area contributed by atoms with Crippen molar-refractivity contribution in [3.05, 3.63) is 18.7 Å². The van der Waals surface area contributed by atoms with E-state index in [9.17, 15) is 9.59 Å². The van der Waals surface area contributed by atoms with Crippen molar-refractivity contribution in [2.75, 3.05) is 0 Å². The predicted octanol–water partition coefficient (Wildman–Crippen LogP) is -1.05. The molecule has 10 nitrogen and oxygen atoms in total. The van der Waals surface area contributed by atoms with Crippen LogP contribution in [0.15, 0.2) is 18.7 Å². The van der Waals surface area contributed by atoms with Gasteiger partial charge in [-0.1, -0.05) is 0 Å². The second-order valence-corrected chi connectivity index (χ2v) is 3.85. The van der Waals surface area contributed by atoms with E-state index in [1.807, 2.05) is 0 Å². The van der Waals surface area contributed by atoms with E-state index >= 15 is 0 Å². The molecule has 3 N–H and O–H groups in total. The van der Waals surface area contributed by atoms with E-state index < -0.39 is 28.5 Å². The first-order chi connectivity index (χ1) is 8.02. The van der Waals surface area contributed by atoms with Crippen LogP contribution in [-0.2, 0) is 15.2 Å². The Morgan fingerprint density at radius 3 is 2.11 bits per heavy atom. The fourth-order valence-corrected chi connectivity index (χ4v) is 0.839. The van der Waals surface area contributed by atoms with Crippen molar-refractivity contribution < 1.29 is 41.9 Å². The van der Waals surface area contributed by atoms with E-state index in [4.69, 9.17) is 27.7 Å². The molecule has 1 aromatic rings. The maximum atomic E-state index is 10.5. The number of nitrogens with zero attached hydrogens (tertiary/aromatic N) is 2. The minimum absolute atomic E-state index is 0.763. The summed E-state index contributed by atoms with van der Waals surface area (Å²) in [5, 5.41) is 17.1. The SMILES string of the molecule is CC(C(=O)O)[n+]1ccn(C(=O)O)c1.O=S(=O)([O-])O. The van der Waals surface area contributed by atoms with Crippen molar-refractivity contribution >= 4 is 22.5 Å². The molecule has 0 fully saturated rings. The van der Waals surface area contributed by atoms with Gasteiger partial charge in [0.25, 0.3) is 6.33 Å². The summed E-state index contributed by atoms with van der Waals surface area (Å²) in [4.78, 5) is 20.9. The molecule has 18 heavy (non-hydrogen) atoms. The fraction of sp³-hybridized carbons (Fsp3) is 0.286. The quantitative estimate of drug-likeness (QED) is 0.351. The van der Waals surface area contributed by atoms with Gasteiger partial charge in [-0.05, 0) is 6.92 Å². The zero-order valence-electron chi connectivity index (χ0n) is 8.99. The van der Waals surface area contributed by atoms with Crippen LogP contribution in [0.5, 0.6) is 0 Å². The number of hydrogen-bond acceptors (Lipinski definition) is 5. The summed E-state index contributed by atoms with van der Waals surface area (Å²) in [6.07, 6.45) is 2.74. The van der Waals surface area contributed by atoms with Gasteiger partial charge in [-0.15, -0.1) is 4.57 Å². The second kappa shape index (κ2) is 6.09. The van der Waals surface area contributed by atoms with E-state index in [1.54, 1.807) is 0 Å². The van der Waals surface area contributed by atoms with E-state index in [2.05, 4.69) is 0 Å². The van der Waals surface area contributed by atoms with Gasteiger partial charge >= 0.3 is 12.1 Å². The van der Waals surface area contributed by atoms with Crippen LogP contribution >= 0.6 is 0 Å². The van der Waals surface area contributed by atoms with Crippen molar-refractivity contribution in [3.8, 4) is 0 Å². The third-order valence-corrected chi connectivity index (χ3v) is 1.68. The summed E-state index contributed by atoms with van der Waals surface area (Å²) >= 11 is 0. The molecule has 11 heteroatoms. The van der Waals surface area contributed by atoms with Crippen LogP contribution < -0.4 is 4.57 Å². The molecule has 102 valence electrons. The van der Waals surface area contributed by atoms with Gasteiger partial charge in [0.05, 0.1) is 0 Å². The van der Waals surface area contributed by atoms with E-state index in [-0.39, 0.29) is 0 Å². The van der Waals surface area contributed by atoms with Gasteiger partial charge in [-0.25, -0.2) is 17.8 Å². The summed E-state index contributed by atoms with van der Waals surface area (Å²) < 4.78 is 35.0. The van der Waals surface area contributed by atoms with Crippen molar-refractivity contribution in [2.45, 2.75) is 13.0 Å². The highest BCUT2D eigenvalue weighted by atomic mass is 32.3. The van der Waals surface area contributed by atoms with Crippen LogP contribution in [0.1, 0.15) is 13.0 Å². The molecular formula is C7H10N2O8S. The summed E-state index contributed by atoms with van der Waals surface area (Å²) in [5.41, 5.74) is 0. The Labute approximate surface area is 101 Å². The highest BCUT2D eigenvalue weighted by molar-refractivity contribution is 7.79. The maximum Gasteiger partial charge on any atom is 0.509 e. The molecular weight excluding hydrogens is 272 g/mol. The number of hydrogen-bond donors (Lipinski definition) is 3. The van der Waals surface area contributed by atoms with Crippen LogP contribution in [0.25, 0.3) is 0 Å². The summed E-state index contributed by atoms with van der Waals surface area (Å²) in [6, 6.07) is -0.763. The molecule has 0 amide bonds. The average molecular weight is 282 g/mol. The lowest BCUT2D eigenvalue weighted by molar-refractivity contribution is -0.706. The van der Waals surface area contributed by atoms with Crippen LogP contribution in [0, 0.1) is 0 Å². The third-order valence-electron chi connectivity index (χ3n) is 1.68. The molecule has 0 radical (unpaired) electrons. The van der Waals surface area contributed by atoms with E-state index in [0.29, 0.717) is 0 Å². The van der Waals surface area contributed by atoms with Gasteiger partial charge < -0.3 is 14.8 Å². The standard InChI is InChI=1S/C7H8N2O4.H2O4S/c1-5(6(10)11)8-2-3-9(4-8)7(12)13;1-5(2,3)4/h2-5H,1H3,(H-,10,11,12,13);(H2,1,2,3,4). The fourth-order valence-electron chi connectivity index (χ4n) is 0.839. The van der Waals surface area contributed by atoms with Gasteiger partial charge in [-0.3, -0.25) is 4.55 Å². The number of carboxylic acids is 1. The van der Waals surface area contributed by atoms with Crippen molar-refractivity contribution in [3.63, 3.8) is 0 Å². The Kier molecular flexibility index (Phi) is 5.42. The molecule has 1 aromatic heterocycles. The largest absolute Gasteiger partial charge is 0.726 e. The Morgan fingerprint density at radius 2 is 1.83 bits per heavy atom. The van der Waals surface area contributed by atoms with Crippen molar-refractivity contribution in [1.82, 2.24) is 4.57 Å². The molecule has 0 aromatic carbocycles. The minimum Gasteiger partial charge on any atom is -0.726 e. The molecule has 0 aliphatic heterocycles. The summed E-state index contributed by atoms with van der Waals surface area (Å²) in [6.45, 7) is 1.47. The van der Waals surface area contributed by atoms with Gasteiger partial charge in [0.1, 0.15) is 12.4 Å². The first-order valence-corrected chi connectivity index (χ1v) is 5.62. The van der Waals surface area contributed by atoms with Crippen molar-refractivity contribution in [1.29, 1.82) is 0 Å². The smallest absolute Gasteiger partial charge is 0.509 e. The van der Waals surface area contributed by atoms with Gasteiger partial charge in [0.2, 0.25) is 10.4 Å². The van der Waals surface area contributed by atoms with E-state index in [0.717, 1.165) is 4.57 Å². The normalized spacial score (nSPS) is 12.2. The molecule has 1 rings (SSSR count). The average Bonchev–Trinajstić information content (AvgIpc) is 2.62. The van der Waals surface area contributed by atoms with Gasteiger partial charge in [0, 0.05) is 0 Å². The third kappa shape index (κ3) is 6.57. The van der Waals surface area contributed by atoms with Gasteiger partial charge in [-0.2, -0.15) is 4.79 Å². The molecule has 0 saturated heterocycles. The monoisotopic (exact) mass is 282 g/mol. The van der Waals surface area contributed by atoms with E-state index in [1.165, 1.54) is 30.2 Å². The Balaban J connectivity index is 0.000000494. The second-order valence-electron chi connectivity index (χ2n) is 2.99. The molecule has 0 saturated carbocycles. The molecule has 0 aliphatic carbocycles. The zero-order chi connectivity index (χ0) is 14.5. The first-order valence-electron chi connectivity index (χ1n) is 4.25. The number of imidazole rings is 1. The first kappa shape index (κ1) is 16.0. The number of carbonyl (C=O) groups is 2. The zero-order valence-corrected chi connectivity index (χ0v) is 9.81.